The molecule has 1 aliphatic carbocycles. The van der Waals surface area contributed by atoms with Crippen LogP contribution in [-0.2, 0) is 0 Å². The van der Waals surface area contributed by atoms with Gasteiger partial charge < -0.3 is 9.88 Å². The summed E-state index contributed by atoms with van der Waals surface area (Å²) in [6, 6.07) is 2.39. The molecule has 0 bridgehead atoms. The summed E-state index contributed by atoms with van der Waals surface area (Å²) in [5.74, 6) is -0.0670. The van der Waals surface area contributed by atoms with Crippen LogP contribution < -0.4 is 5.32 Å². The standard InChI is InChI=1S/C22H25N5OS/c1-3-9-25-21(28)17-12-20(27(15(17)2)16-7-5-4-6-8-16)19-14-29-22(26-19)18-13-23-10-11-24-18/h3,10-14,16H,1,4-9H2,2H3,(H,25,28). The summed E-state index contributed by atoms with van der Waals surface area (Å²) in [7, 11) is 0. The first kappa shape index (κ1) is 19.5. The van der Waals surface area contributed by atoms with E-state index in [2.05, 4.69) is 26.4 Å². The van der Waals surface area contributed by atoms with Gasteiger partial charge in [-0.3, -0.25) is 14.8 Å². The lowest BCUT2D eigenvalue weighted by molar-refractivity contribution is 0.0957. The molecule has 3 heterocycles. The van der Waals surface area contributed by atoms with Crippen molar-refractivity contribution in [3.63, 3.8) is 0 Å². The highest BCUT2D eigenvalue weighted by Gasteiger charge is 2.25. The number of nitrogens with zero attached hydrogens (tertiary/aromatic N) is 4. The molecular weight excluding hydrogens is 382 g/mol. The summed E-state index contributed by atoms with van der Waals surface area (Å²) in [6.07, 6.45) is 12.8. The highest BCUT2D eigenvalue weighted by Crippen LogP contribution is 2.37. The highest BCUT2D eigenvalue weighted by atomic mass is 32.1. The third-order valence-corrected chi connectivity index (χ3v) is 6.30. The molecular formula is C22H25N5OS. The monoisotopic (exact) mass is 407 g/mol. The van der Waals surface area contributed by atoms with Crippen molar-refractivity contribution in [2.75, 3.05) is 6.54 Å². The predicted molar refractivity (Wildman–Crippen MR) is 116 cm³/mol. The van der Waals surface area contributed by atoms with Crippen molar-refractivity contribution in [1.82, 2.24) is 24.8 Å². The average Bonchev–Trinajstić information content (AvgIpc) is 3.38. The molecule has 0 spiro atoms. The van der Waals surface area contributed by atoms with Crippen molar-refractivity contribution in [3.8, 4) is 22.1 Å². The fraction of sp³-hybridized carbons (Fsp3) is 0.364. The minimum atomic E-state index is -0.0670. The van der Waals surface area contributed by atoms with Crippen LogP contribution in [0, 0.1) is 6.92 Å². The third kappa shape index (κ3) is 4.00. The Kier molecular flexibility index (Phi) is 5.85. The van der Waals surface area contributed by atoms with E-state index in [0.717, 1.165) is 40.6 Å². The molecule has 0 aromatic carbocycles. The Morgan fingerprint density at radius 3 is 2.86 bits per heavy atom. The number of thiazole rings is 1. The van der Waals surface area contributed by atoms with E-state index in [1.54, 1.807) is 36.0 Å². The molecule has 1 saturated carbocycles. The third-order valence-electron chi connectivity index (χ3n) is 5.43. The van der Waals surface area contributed by atoms with Gasteiger partial charge in [-0.25, -0.2) is 4.98 Å². The van der Waals surface area contributed by atoms with Gasteiger partial charge in [0.1, 0.15) is 10.7 Å². The number of amides is 1. The number of carbonyl (C=O) groups excluding carboxylic acids is 1. The van der Waals surface area contributed by atoms with E-state index in [9.17, 15) is 4.79 Å². The Hall–Kier alpha value is -2.80. The van der Waals surface area contributed by atoms with Gasteiger partial charge in [-0.1, -0.05) is 25.3 Å². The molecule has 0 radical (unpaired) electrons. The molecule has 29 heavy (non-hydrogen) atoms. The first-order valence-electron chi connectivity index (χ1n) is 10.0. The zero-order valence-corrected chi connectivity index (χ0v) is 17.4. The summed E-state index contributed by atoms with van der Waals surface area (Å²) in [6.45, 7) is 6.18. The Morgan fingerprint density at radius 2 is 2.14 bits per heavy atom. The highest BCUT2D eigenvalue weighted by molar-refractivity contribution is 7.13. The van der Waals surface area contributed by atoms with Gasteiger partial charge in [0.15, 0.2) is 0 Å². The Bertz CT molecular complexity index is 1000. The normalized spacial score (nSPS) is 14.7. The van der Waals surface area contributed by atoms with Crippen LogP contribution in [0.5, 0.6) is 0 Å². The maximum Gasteiger partial charge on any atom is 0.253 e. The zero-order valence-electron chi connectivity index (χ0n) is 16.6. The quantitative estimate of drug-likeness (QED) is 0.596. The molecule has 1 fully saturated rings. The van der Waals surface area contributed by atoms with Crippen molar-refractivity contribution in [1.29, 1.82) is 0 Å². The van der Waals surface area contributed by atoms with Gasteiger partial charge in [0.25, 0.3) is 5.91 Å². The van der Waals surface area contributed by atoms with Gasteiger partial charge in [-0.05, 0) is 25.8 Å². The minimum absolute atomic E-state index is 0.0670. The summed E-state index contributed by atoms with van der Waals surface area (Å²) in [4.78, 5) is 26.1. The molecule has 3 aromatic heterocycles. The molecule has 1 aliphatic rings. The molecule has 0 saturated heterocycles. The lowest BCUT2D eigenvalue weighted by atomic mass is 9.95. The van der Waals surface area contributed by atoms with Crippen LogP contribution in [0.1, 0.15) is 54.2 Å². The van der Waals surface area contributed by atoms with Gasteiger partial charge in [-0.15, -0.1) is 17.9 Å². The number of nitrogens with one attached hydrogen (secondary N) is 1. The minimum Gasteiger partial charge on any atom is -0.349 e. The van der Waals surface area contributed by atoms with Gasteiger partial charge >= 0.3 is 0 Å². The number of rotatable bonds is 6. The molecule has 1 N–H and O–H groups in total. The van der Waals surface area contributed by atoms with Crippen LogP contribution in [0.25, 0.3) is 22.1 Å². The van der Waals surface area contributed by atoms with Gasteiger partial charge in [-0.2, -0.15) is 0 Å². The molecule has 150 valence electrons. The number of carbonyl (C=O) groups is 1. The lowest BCUT2D eigenvalue weighted by Crippen LogP contribution is -2.24. The maximum atomic E-state index is 12.7. The van der Waals surface area contributed by atoms with Crippen LogP contribution in [0.2, 0.25) is 0 Å². The number of hydrogen-bond donors (Lipinski definition) is 1. The topological polar surface area (TPSA) is 72.7 Å². The van der Waals surface area contributed by atoms with Crippen molar-refractivity contribution in [2.45, 2.75) is 45.1 Å². The summed E-state index contributed by atoms with van der Waals surface area (Å²) < 4.78 is 2.33. The largest absolute Gasteiger partial charge is 0.349 e. The van der Waals surface area contributed by atoms with E-state index in [0.29, 0.717) is 18.2 Å². The molecule has 0 unspecified atom stereocenters. The lowest BCUT2D eigenvalue weighted by Gasteiger charge is -2.26. The second-order valence-corrected chi connectivity index (χ2v) is 8.18. The fourth-order valence-corrected chi connectivity index (χ4v) is 4.81. The first-order valence-corrected chi connectivity index (χ1v) is 10.9. The first-order chi connectivity index (χ1) is 14.2. The van der Waals surface area contributed by atoms with Crippen LogP contribution in [-0.4, -0.2) is 32.0 Å². The summed E-state index contributed by atoms with van der Waals surface area (Å²) in [5.41, 5.74) is 4.36. The number of hydrogen-bond acceptors (Lipinski definition) is 5. The zero-order chi connectivity index (χ0) is 20.2. The molecule has 1 amide bonds. The van der Waals surface area contributed by atoms with Crippen molar-refractivity contribution < 1.29 is 4.79 Å². The van der Waals surface area contributed by atoms with Crippen molar-refractivity contribution >= 4 is 17.2 Å². The van der Waals surface area contributed by atoms with E-state index < -0.39 is 0 Å². The van der Waals surface area contributed by atoms with E-state index in [4.69, 9.17) is 4.98 Å². The Labute approximate surface area is 174 Å². The predicted octanol–water partition coefficient (Wildman–Crippen LogP) is 4.80. The van der Waals surface area contributed by atoms with E-state index in [1.807, 2.05) is 18.4 Å². The van der Waals surface area contributed by atoms with Gasteiger partial charge in [0, 0.05) is 36.1 Å². The summed E-state index contributed by atoms with van der Waals surface area (Å²) in [5, 5.41) is 5.79. The van der Waals surface area contributed by atoms with Gasteiger partial charge in [0.05, 0.1) is 23.1 Å². The molecule has 6 nitrogen and oxygen atoms in total. The van der Waals surface area contributed by atoms with Crippen LogP contribution >= 0.6 is 11.3 Å². The van der Waals surface area contributed by atoms with E-state index >= 15 is 0 Å². The molecule has 0 atom stereocenters. The Morgan fingerprint density at radius 1 is 1.31 bits per heavy atom. The van der Waals surface area contributed by atoms with E-state index in [-0.39, 0.29) is 5.91 Å². The second-order valence-electron chi connectivity index (χ2n) is 7.32. The SMILES string of the molecule is C=CCNC(=O)c1cc(-c2csc(-c3cnccn3)n2)n(C2CCCCC2)c1C. The fourth-order valence-electron chi connectivity index (χ4n) is 4.04. The van der Waals surface area contributed by atoms with Crippen LogP contribution in [0.4, 0.5) is 0 Å². The Balaban J connectivity index is 1.76. The average molecular weight is 408 g/mol. The molecule has 7 heteroatoms. The summed E-state index contributed by atoms with van der Waals surface area (Å²) >= 11 is 1.55. The molecule has 4 rings (SSSR count). The van der Waals surface area contributed by atoms with Crippen LogP contribution in [0.3, 0.4) is 0 Å². The van der Waals surface area contributed by atoms with Crippen LogP contribution in [0.15, 0.2) is 42.7 Å². The van der Waals surface area contributed by atoms with Gasteiger partial charge in [0.2, 0.25) is 0 Å². The van der Waals surface area contributed by atoms with E-state index in [1.165, 1.54) is 19.3 Å². The second kappa shape index (κ2) is 8.69. The van der Waals surface area contributed by atoms with Crippen molar-refractivity contribution in [2.24, 2.45) is 0 Å². The molecule has 0 aliphatic heterocycles. The maximum absolute atomic E-state index is 12.7. The smallest absolute Gasteiger partial charge is 0.253 e. The molecule has 3 aromatic rings. The van der Waals surface area contributed by atoms with Crippen molar-refractivity contribution in [3.05, 3.63) is 53.9 Å². The number of aromatic nitrogens is 4.